The van der Waals surface area contributed by atoms with E-state index < -0.39 is 0 Å². The Morgan fingerprint density at radius 3 is 2.25 bits per heavy atom. The van der Waals surface area contributed by atoms with Gasteiger partial charge in [0.25, 0.3) is 0 Å². The van der Waals surface area contributed by atoms with Crippen LogP contribution in [-0.4, -0.2) is 12.1 Å². The molecular formula is C17H17NO2. The summed E-state index contributed by atoms with van der Waals surface area (Å²) in [7, 11) is 0. The third-order valence-corrected chi connectivity index (χ3v) is 3.59. The van der Waals surface area contributed by atoms with Crippen molar-refractivity contribution in [1.82, 2.24) is 5.32 Å². The Hall–Kier alpha value is -2.29. The highest BCUT2D eigenvalue weighted by Crippen LogP contribution is 2.21. The minimum atomic E-state index is -0.341. The molecule has 0 saturated carbocycles. The Kier molecular flexibility index (Phi) is 3.68. The molecule has 0 spiro atoms. The molecule has 1 N–H and O–H groups in total. The van der Waals surface area contributed by atoms with Gasteiger partial charge < -0.3 is 10.1 Å². The molecule has 0 aliphatic heterocycles. The summed E-state index contributed by atoms with van der Waals surface area (Å²) in [5.41, 5.74) is 3.64. The highest BCUT2D eigenvalue weighted by molar-refractivity contribution is 5.68. The number of fused-ring (bicyclic) bond motifs is 1. The molecule has 3 nitrogen and oxygen atoms in total. The van der Waals surface area contributed by atoms with Crippen LogP contribution < -0.4 is 5.32 Å². The van der Waals surface area contributed by atoms with Gasteiger partial charge in [-0.1, -0.05) is 54.6 Å². The number of hydrogen-bond donors (Lipinski definition) is 1. The second kappa shape index (κ2) is 5.78. The van der Waals surface area contributed by atoms with Gasteiger partial charge in [0.2, 0.25) is 0 Å². The van der Waals surface area contributed by atoms with Crippen molar-refractivity contribution in [2.24, 2.45) is 0 Å². The molecule has 0 saturated heterocycles. The molecule has 0 bridgehead atoms. The fraction of sp³-hybridized carbons (Fsp3) is 0.235. The lowest BCUT2D eigenvalue weighted by atomic mass is 10.1. The van der Waals surface area contributed by atoms with Crippen LogP contribution in [0.5, 0.6) is 0 Å². The number of hydrogen-bond acceptors (Lipinski definition) is 2. The quantitative estimate of drug-likeness (QED) is 0.928. The molecule has 20 heavy (non-hydrogen) atoms. The summed E-state index contributed by atoms with van der Waals surface area (Å²) in [5, 5.41) is 2.93. The Labute approximate surface area is 118 Å². The van der Waals surface area contributed by atoms with Crippen LogP contribution in [0.3, 0.4) is 0 Å². The molecule has 0 aromatic heterocycles. The molecule has 0 heterocycles. The van der Waals surface area contributed by atoms with E-state index in [1.807, 2.05) is 42.5 Å². The summed E-state index contributed by atoms with van der Waals surface area (Å²) >= 11 is 0. The lowest BCUT2D eigenvalue weighted by Gasteiger charge is -2.12. The van der Waals surface area contributed by atoms with Crippen LogP contribution >= 0.6 is 0 Å². The lowest BCUT2D eigenvalue weighted by Crippen LogP contribution is -2.35. The first-order valence-electron chi connectivity index (χ1n) is 6.85. The van der Waals surface area contributed by atoms with Gasteiger partial charge in [0, 0.05) is 6.04 Å². The largest absolute Gasteiger partial charge is 0.445 e. The standard InChI is InChI=1S/C17H17NO2/c19-17(20-12-13-6-2-1-3-7-13)18-16-10-14-8-4-5-9-15(14)11-16/h1-9,16H,10-12H2,(H,18,19). The summed E-state index contributed by atoms with van der Waals surface area (Å²) in [6.45, 7) is 0.312. The average molecular weight is 267 g/mol. The van der Waals surface area contributed by atoms with Gasteiger partial charge in [-0.25, -0.2) is 4.79 Å². The minimum Gasteiger partial charge on any atom is -0.445 e. The smallest absolute Gasteiger partial charge is 0.407 e. The molecule has 0 unspecified atom stereocenters. The van der Waals surface area contributed by atoms with Crippen molar-refractivity contribution in [3.8, 4) is 0 Å². The molecule has 3 rings (SSSR count). The van der Waals surface area contributed by atoms with E-state index in [0.717, 1.165) is 18.4 Å². The number of nitrogens with one attached hydrogen (secondary N) is 1. The van der Waals surface area contributed by atoms with Crippen molar-refractivity contribution in [3.63, 3.8) is 0 Å². The van der Waals surface area contributed by atoms with E-state index in [0.29, 0.717) is 6.61 Å². The van der Waals surface area contributed by atoms with Crippen LogP contribution in [0.15, 0.2) is 54.6 Å². The van der Waals surface area contributed by atoms with E-state index in [2.05, 4.69) is 17.4 Å². The van der Waals surface area contributed by atoms with Crippen LogP contribution in [0.25, 0.3) is 0 Å². The number of alkyl carbamates (subject to hydrolysis) is 1. The van der Waals surface area contributed by atoms with Gasteiger partial charge in [-0.05, 0) is 29.5 Å². The van der Waals surface area contributed by atoms with Gasteiger partial charge in [-0.15, -0.1) is 0 Å². The van der Waals surface area contributed by atoms with Crippen molar-refractivity contribution >= 4 is 6.09 Å². The first-order chi connectivity index (χ1) is 9.81. The molecule has 2 aromatic rings. The summed E-state index contributed by atoms with van der Waals surface area (Å²) < 4.78 is 5.24. The third-order valence-electron chi connectivity index (χ3n) is 3.59. The first-order valence-corrected chi connectivity index (χ1v) is 6.85. The zero-order valence-corrected chi connectivity index (χ0v) is 11.2. The van der Waals surface area contributed by atoms with Gasteiger partial charge >= 0.3 is 6.09 Å². The van der Waals surface area contributed by atoms with Crippen molar-refractivity contribution in [3.05, 3.63) is 71.3 Å². The summed E-state index contributed by atoms with van der Waals surface area (Å²) in [6, 6.07) is 18.2. The van der Waals surface area contributed by atoms with Gasteiger partial charge in [0.15, 0.2) is 0 Å². The Morgan fingerprint density at radius 1 is 1.00 bits per heavy atom. The maximum Gasteiger partial charge on any atom is 0.407 e. The summed E-state index contributed by atoms with van der Waals surface area (Å²) in [4.78, 5) is 11.8. The van der Waals surface area contributed by atoms with Gasteiger partial charge in [-0.3, -0.25) is 0 Å². The number of carbonyl (C=O) groups is 1. The fourth-order valence-corrected chi connectivity index (χ4v) is 2.59. The van der Waals surface area contributed by atoms with Crippen LogP contribution in [-0.2, 0) is 24.2 Å². The van der Waals surface area contributed by atoms with Crippen LogP contribution in [0.2, 0.25) is 0 Å². The highest BCUT2D eigenvalue weighted by Gasteiger charge is 2.22. The maximum atomic E-state index is 11.8. The first kappa shape index (κ1) is 12.7. The number of benzene rings is 2. The molecule has 2 aromatic carbocycles. The van der Waals surface area contributed by atoms with E-state index in [4.69, 9.17) is 4.74 Å². The van der Waals surface area contributed by atoms with E-state index >= 15 is 0 Å². The van der Waals surface area contributed by atoms with Crippen molar-refractivity contribution < 1.29 is 9.53 Å². The highest BCUT2D eigenvalue weighted by atomic mass is 16.5. The van der Waals surface area contributed by atoms with E-state index in [-0.39, 0.29) is 12.1 Å². The zero-order chi connectivity index (χ0) is 13.8. The molecule has 1 amide bonds. The topological polar surface area (TPSA) is 38.3 Å². The second-order valence-corrected chi connectivity index (χ2v) is 5.08. The van der Waals surface area contributed by atoms with Gasteiger partial charge in [0.1, 0.15) is 6.61 Å². The average Bonchev–Trinajstić information content (AvgIpc) is 2.88. The fourth-order valence-electron chi connectivity index (χ4n) is 2.59. The minimum absolute atomic E-state index is 0.149. The monoisotopic (exact) mass is 267 g/mol. The SMILES string of the molecule is O=C(NC1Cc2ccccc2C1)OCc1ccccc1. The van der Waals surface area contributed by atoms with E-state index in [1.54, 1.807) is 0 Å². The van der Waals surface area contributed by atoms with Crippen LogP contribution in [0.1, 0.15) is 16.7 Å². The predicted octanol–water partition coefficient (Wildman–Crippen LogP) is 3.08. The van der Waals surface area contributed by atoms with E-state index in [1.165, 1.54) is 11.1 Å². The molecule has 1 aliphatic rings. The molecule has 3 heteroatoms. The molecule has 0 radical (unpaired) electrons. The summed E-state index contributed by atoms with van der Waals surface area (Å²) in [5.74, 6) is 0. The Bertz CT molecular complexity index is 570. The Morgan fingerprint density at radius 2 is 1.60 bits per heavy atom. The maximum absolute atomic E-state index is 11.8. The Balaban J connectivity index is 1.49. The van der Waals surface area contributed by atoms with Gasteiger partial charge in [-0.2, -0.15) is 0 Å². The lowest BCUT2D eigenvalue weighted by molar-refractivity contribution is 0.136. The van der Waals surface area contributed by atoms with Crippen molar-refractivity contribution in [2.75, 3.05) is 0 Å². The van der Waals surface area contributed by atoms with Gasteiger partial charge in [0.05, 0.1) is 0 Å². The number of amides is 1. The molecule has 0 fully saturated rings. The number of ether oxygens (including phenoxy) is 1. The number of carbonyl (C=O) groups excluding carboxylic acids is 1. The molecule has 102 valence electrons. The summed E-state index contributed by atoms with van der Waals surface area (Å²) in [6.07, 6.45) is 1.43. The van der Waals surface area contributed by atoms with Crippen LogP contribution in [0.4, 0.5) is 4.79 Å². The van der Waals surface area contributed by atoms with Crippen molar-refractivity contribution in [1.29, 1.82) is 0 Å². The zero-order valence-electron chi connectivity index (χ0n) is 11.2. The van der Waals surface area contributed by atoms with Crippen LogP contribution in [0, 0.1) is 0 Å². The third kappa shape index (κ3) is 2.99. The number of rotatable bonds is 3. The molecular weight excluding hydrogens is 250 g/mol. The van der Waals surface area contributed by atoms with Crippen molar-refractivity contribution in [2.45, 2.75) is 25.5 Å². The predicted molar refractivity (Wildman–Crippen MR) is 77.4 cm³/mol. The molecule has 1 aliphatic carbocycles. The second-order valence-electron chi connectivity index (χ2n) is 5.08. The normalized spacial score (nSPS) is 13.8. The molecule has 0 atom stereocenters. The van der Waals surface area contributed by atoms with E-state index in [9.17, 15) is 4.79 Å².